The van der Waals surface area contributed by atoms with E-state index < -0.39 is 71.7 Å². The summed E-state index contributed by atoms with van der Waals surface area (Å²) in [5, 5.41) is 62.0. The second-order valence-corrected chi connectivity index (χ2v) is 10.3. The molecule has 0 spiro atoms. The largest absolute Gasteiger partial charge is 0.394 e. The Kier molecular flexibility index (Phi) is 7.43. The van der Waals surface area contributed by atoms with Gasteiger partial charge in [-0.15, -0.1) is 0 Å². The highest BCUT2D eigenvalue weighted by molar-refractivity contribution is 5.94. The number of carbonyl (C=O) groups excluding carboxylic acids is 1. The highest BCUT2D eigenvalue weighted by atomic mass is 16.7. The molecule has 176 valence electrons. The number of ether oxygens (including phenoxy) is 2. The topological polar surface area (TPSA) is 157 Å². The molecule has 2 rings (SSSR count). The lowest BCUT2D eigenvalue weighted by Gasteiger charge is -2.57. The SMILES string of the molecule is CC(C)CC[C@]1(O)C(=O)C(C)(C)[C@@H](O[C@@H]2O[C@H](CO)[C@@H](O)[C@H](O)[C@H]2O)C(C)(C)[C@H]1O. The summed E-state index contributed by atoms with van der Waals surface area (Å²) in [6.45, 7) is 9.81. The lowest BCUT2D eigenvalue weighted by Crippen LogP contribution is -2.72. The van der Waals surface area contributed by atoms with Gasteiger partial charge >= 0.3 is 0 Å². The van der Waals surface area contributed by atoms with Crippen LogP contribution in [0.4, 0.5) is 0 Å². The Labute approximate surface area is 177 Å². The number of aliphatic hydroxyl groups excluding tert-OH is 5. The first kappa shape index (κ1) is 25.6. The third-order valence-electron chi connectivity index (χ3n) is 6.69. The molecule has 1 aliphatic heterocycles. The third kappa shape index (κ3) is 4.19. The standard InChI is InChI=1S/C21H38O9/c1-10(2)7-8-21(28)16(26)19(3,4)18(20(5,6)17(21)27)30-15-14(25)13(24)12(23)11(9-22)29-15/h10-16,18,22-26,28H,7-9H2,1-6H3/t11-,12-,13+,14-,15+,16-,18+,21-/m1/s1. The molecule has 1 aliphatic carbocycles. The molecule has 0 aromatic rings. The van der Waals surface area contributed by atoms with Crippen LogP contribution in [0.2, 0.25) is 0 Å². The maximum absolute atomic E-state index is 13.3. The lowest BCUT2D eigenvalue weighted by molar-refractivity contribution is -0.338. The highest BCUT2D eigenvalue weighted by Crippen LogP contribution is 2.52. The second-order valence-electron chi connectivity index (χ2n) is 10.3. The molecule has 2 fully saturated rings. The van der Waals surface area contributed by atoms with Crippen molar-refractivity contribution < 1.29 is 44.9 Å². The minimum absolute atomic E-state index is 0.101. The van der Waals surface area contributed by atoms with Gasteiger partial charge < -0.3 is 40.1 Å². The quantitative estimate of drug-likeness (QED) is 0.319. The maximum atomic E-state index is 13.3. The van der Waals surface area contributed by atoms with Crippen LogP contribution in [0.25, 0.3) is 0 Å². The van der Waals surface area contributed by atoms with E-state index in [-0.39, 0.29) is 12.3 Å². The van der Waals surface area contributed by atoms with E-state index in [4.69, 9.17) is 9.47 Å². The Balaban J connectivity index is 2.36. The molecule has 2 aliphatic rings. The molecule has 1 heterocycles. The molecule has 0 radical (unpaired) electrons. The van der Waals surface area contributed by atoms with Crippen molar-refractivity contribution in [3.8, 4) is 0 Å². The van der Waals surface area contributed by atoms with Gasteiger partial charge in [-0.2, -0.15) is 0 Å². The van der Waals surface area contributed by atoms with Gasteiger partial charge in [0.1, 0.15) is 30.0 Å². The fraction of sp³-hybridized carbons (Fsp3) is 0.952. The zero-order valence-corrected chi connectivity index (χ0v) is 18.6. The summed E-state index contributed by atoms with van der Waals surface area (Å²) in [5.41, 5.74) is -4.36. The summed E-state index contributed by atoms with van der Waals surface area (Å²) in [4.78, 5) is 13.3. The monoisotopic (exact) mass is 434 g/mol. The average Bonchev–Trinajstić information content (AvgIpc) is 2.67. The van der Waals surface area contributed by atoms with E-state index in [1.165, 1.54) is 0 Å². The number of hydrogen-bond acceptors (Lipinski definition) is 9. The molecule has 1 saturated carbocycles. The van der Waals surface area contributed by atoms with E-state index in [0.717, 1.165) is 0 Å². The molecule has 0 unspecified atom stereocenters. The molecule has 0 aromatic heterocycles. The summed E-state index contributed by atoms with van der Waals surface area (Å²) in [6, 6.07) is 0. The zero-order chi connectivity index (χ0) is 23.2. The van der Waals surface area contributed by atoms with Crippen molar-refractivity contribution in [1.82, 2.24) is 0 Å². The van der Waals surface area contributed by atoms with Crippen molar-refractivity contribution >= 4 is 5.78 Å². The van der Waals surface area contributed by atoms with Gasteiger partial charge in [-0.1, -0.05) is 41.5 Å². The lowest BCUT2D eigenvalue weighted by atomic mass is 9.54. The van der Waals surface area contributed by atoms with E-state index in [2.05, 4.69) is 0 Å². The first-order valence-corrected chi connectivity index (χ1v) is 10.5. The minimum Gasteiger partial charge on any atom is -0.394 e. The Hall–Kier alpha value is -0.650. The van der Waals surface area contributed by atoms with Gasteiger partial charge in [-0.25, -0.2) is 0 Å². The van der Waals surface area contributed by atoms with Crippen LogP contribution in [0.15, 0.2) is 0 Å². The predicted octanol–water partition coefficient (Wildman–Crippen LogP) is -0.665. The number of aliphatic hydroxyl groups is 6. The minimum atomic E-state index is -1.95. The zero-order valence-electron chi connectivity index (χ0n) is 18.6. The Morgan fingerprint density at radius 1 is 1.03 bits per heavy atom. The van der Waals surface area contributed by atoms with Crippen LogP contribution in [-0.2, 0) is 14.3 Å². The number of ketones is 1. The van der Waals surface area contributed by atoms with Gasteiger partial charge in [0, 0.05) is 5.41 Å². The van der Waals surface area contributed by atoms with Crippen LogP contribution in [0.5, 0.6) is 0 Å². The van der Waals surface area contributed by atoms with Crippen LogP contribution < -0.4 is 0 Å². The van der Waals surface area contributed by atoms with Crippen molar-refractivity contribution in [3.05, 3.63) is 0 Å². The Morgan fingerprint density at radius 3 is 2.10 bits per heavy atom. The van der Waals surface area contributed by atoms with E-state index in [9.17, 15) is 35.4 Å². The summed E-state index contributed by atoms with van der Waals surface area (Å²) in [6.07, 6.45) is -9.22. The van der Waals surface area contributed by atoms with Crippen LogP contribution in [0, 0.1) is 16.7 Å². The van der Waals surface area contributed by atoms with Gasteiger partial charge in [0.15, 0.2) is 12.1 Å². The molecule has 6 N–H and O–H groups in total. The Bertz CT molecular complexity index is 618. The highest BCUT2D eigenvalue weighted by Gasteiger charge is 2.66. The van der Waals surface area contributed by atoms with Crippen LogP contribution >= 0.6 is 0 Å². The molecule has 8 atom stereocenters. The number of rotatable bonds is 6. The molecular weight excluding hydrogens is 396 g/mol. The van der Waals surface area contributed by atoms with Crippen molar-refractivity contribution in [2.45, 2.75) is 103 Å². The predicted molar refractivity (Wildman–Crippen MR) is 106 cm³/mol. The molecule has 0 aromatic carbocycles. The number of Topliss-reactive ketones (excluding diaryl/α,β-unsaturated/α-hetero) is 1. The molecular formula is C21H38O9. The van der Waals surface area contributed by atoms with Crippen molar-refractivity contribution in [3.63, 3.8) is 0 Å². The van der Waals surface area contributed by atoms with Crippen LogP contribution in [-0.4, -0.2) is 91.5 Å². The number of hydrogen-bond donors (Lipinski definition) is 6. The summed E-state index contributed by atoms with van der Waals surface area (Å²) in [5.74, 6) is -0.347. The van der Waals surface area contributed by atoms with Gasteiger partial charge in [0.2, 0.25) is 0 Å². The summed E-state index contributed by atoms with van der Waals surface area (Å²) in [7, 11) is 0. The molecule has 9 nitrogen and oxygen atoms in total. The fourth-order valence-corrected chi connectivity index (χ4v) is 4.91. The van der Waals surface area contributed by atoms with Gasteiger partial charge in [-0.3, -0.25) is 4.79 Å². The van der Waals surface area contributed by atoms with Crippen LogP contribution in [0.3, 0.4) is 0 Å². The average molecular weight is 435 g/mol. The molecule has 1 saturated heterocycles. The Morgan fingerprint density at radius 2 is 1.60 bits per heavy atom. The molecule has 0 bridgehead atoms. The first-order valence-electron chi connectivity index (χ1n) is 10.5. The van der Waals surface area contributed by atoms with E-state index in [1.807, 2.05) is 13.8 Å². The number of carbonyl (C=O) groups is 1. The van der Waals surface area contributed by atoms with Crippen molar-refractivity contribution in [2.24, 2.45) is 16.7 Å². The normalized spacial score (nSPS) is 43.8. The van der Waals surface area contributed by atoms with E-state index >= 15 is 0 Å². The van der Waals surface area contributed by atoms with Gasteiger partial charge in [0.25, 0.3) is 0 Å². The summed E-state index contributed by atoms with van der Waals surface area (Å²) < 4.78 is 11.4. The molecule has 9 heteroatoms. The second kappa shape index (κ2) is 8.71. The van der Waals surface area contributed by atoms with E-state index in [1.54, 1.807) is 27.7 Å². The molecule has 30 heavy (non-hydrogen) atoms. The first-order chi connectivity index (χ1) is 13.6. The summed E-state index contributed by atoms with van der Waals surface area (Å²) >= 11 is 0. The van der Waals surface area contributed by atoms with Crippen molar-refractivity contribution in [1.29, 1.82) is 0 Å². The van der Waals surface area contributed by atoms with Gasteiger partial charge in [-0.05, 0) is 18.8 Å². The fourth-order valence-electron chi connectivity index (χ4n) is 4.91. The van der Waals surface area contributed by atoms with Gasteiger partial charge in [0.05, 0.1) is 24.2 Å². The van der Waals surface area contributed by atoms with Crippen LogP contribution in [0.1, 0.15) is 54.4 Å². The maximum Gasteiger partial charge on any atom is 0.187 e. The third-order valence-corrected chi connectivity index (χ3v) is 6.69. The van der Waals surface area contributed by atoms with E-state index in [0.29, 0.717) is 6.42 Å². The smallest absolute Gasteiger partial charge is 0.187 e. The molecule has 0 amide bonds. The van der Waals surface area contributed by atoms with Crippen molar-refractivity contribution in [2.75, 3.05) is 6.61 Å².